The molecule has 1 aromatic carbocycles. The zero-order valence-corrected chi connectivity index (χ0v) is 11.3. The number of ether oxygens (including phenoxy) is 1. The van der Waals surface area contributed by atoms with Gasteiger partial charge in [0.05, 0.1) is 12.7 Å². The Balaban J connectivity index is 2.08. The van der Waals surface area contributed by atoms with Crippen LogP contribution in [-0.2, 0) is 4.74 Å². The average Bonchev–Trinajstić information content (AvgIpc) is 2.34. The van der Waals surface area contributed by atoms with Crippen molar-refractivity contribution in [3.8, 4) is 0 Å². The molecule has 17 heavy (non-hydrogen) atoms. The Morgan fingerprint density at radius 2 is 2.12 bits per heavy atom. The molecule has 1 aromatic rings. The largest absolute Gasteiger partial charge is 0.370 e. The summed E-state index contributed by atoms with van der Waals surface area (Å²) < 4.78 is 6.00. The minimum absolute atomic E-state index is 0.149. The number of nitrogens with one attached hydrogen (secondary N) is 1. The molecule has 0 aliphatic carbocycles. The average molecular weight is 233 g/mol. The molecule has 2 rings (SSSR count). The summed E-state index contributed by atoms with van der Waals surface area (Å²) in [6.45, 7) is 10.4. The van der Waals surface area contributed by atoms with Crippen molar-refractivity contribution in [3.63, 3.8) is 0 Å². The molecule has 0 saturated carbocycles. The molecular formula is C15H23NO. The first-order valence-corrected chi connectivity index (χ1v) is 6.48. The predicted molar refractivity (Wildman–Crippen MR) is 71.3 cm³/mol. The van der Waals surface area contributed by atoms with E-state index in [0.717, 1.165) is 19.6 Å². The topological polar surface area (TPSA) is 21.3 Å². The Morgan fingerprint density at radius 3 is 2.65 bits per heavy atom. The molecule has 2 atom stereocenters. The second-order valence-electron chi connectivity index (χ2n) is 5.44. The van der Waals surface area contributed by atoms with Crippen molar-refractivity contribution in [3.05, 3.63) is 34.9 Å². The third kappa shape index (κ3) is 2.70. The van der Waals surface area contributed by atoms with Crippen molar-refractivity contribution in [2.24, 2.45) is 0 Å². The number of hydrogen-bond acceptors (Lipinski definition) is 2. The van der Waals surface area contributed by atoms with Crippen molar-refractivity contribution in [1.82, 2.24) is 5.32 Å². The number of morpholine rings is 1. The highest BCUT2D eigenvalue weighted by Crippen LogP contribution is 2.26. The van der Waals surface area contributed by atoms with Gasteiger partial charge in [-0.1, -0.05) is 25.1 Å². The molecule has 1 N–H and O–H groups in total. The van der Waals surface area contributed by atoms with Gasteiger partial charge >= 0.3 is 0 Å². The Hall–Kier alpha value is -0.860. The summed E-state index contributed by atoms with van der Waals surface area (Å²) >= 11 is 0. The van der Waals surface area contributed by atoms with Crippen molar-refractivity contribution in [2.75, 3.05) is 13.2 Å². The van der Waals surface area contributed by atoms with Gasteiger partial charge in [0.1, 0.15) is 0 Å². The Kier molecular flexibility index (Phi) is 3.55. The SMILES string of the molecule is CCC1(C)COC(c2ccc(C)c(C)c2)CN1. The second kappa shape index (κ2) is 4.79. The lowest BCUT2D eigenvalue weighted by Gasteiger charge is -2.38. The number of hydrogen-bond donors (Lipinski definition) is 1. The van der Waals surface area contributed by atoms with Crippen LogP contribution in [0.15, 0.2) is 18.2 Å². The smallest absolute Gasteiger partial charge is 0.0950 e. The molecule has 1 heterocycles. The lowest BCUT2D eigenvalue weighted by Crippen LogP contribution is -2.52. The van der Waals surface area contributed by atoms with E-state index in [0.29, 0.717) is 0 Å². The van der Waals surface area contributed by atoms with Crippen LogP contribution in [0.25, 0.3) is 0 Å². The molecule has 1 saturated heterocycles. The summed E-state index contributed by atoms with van der Waals surface area (Å²) in [5, 5.41) is 3.60. The molecule has 1 fully saturated rings. The first-order valence-electron chi connectivity index (χ1n) is 6.48. The molecule has 0 aromatic heterocycles. The van der Waals surface area contributed by atoms with Gasteiger partial charge in [0.15, 0.2) is 0 Å². The van der Waals surface area contributed by atoms with Crippen molar-refractivity contribution < 1.29 is 4.74 Å². The molecule has 1 aliphatic heterocycles. The van der Waals surface area contributed by atoms with Crippen LogP contribution >= 0.6 is 0 Å². The standard InChI is InChI=1S/C15H23NO/c1-5-15(4)10-17-14(9-16-15)13-7-6-11(2)12(3)8-13/h6-8,14,16H,5,9-10H2,1-4H3. The van der Waals surface area contributed by atoms with E-state index in [2.05, 4.69) is 51.2 Å². The fourth-order valence-corrected chi connectivity index (χ4v) is 2.14. The van der Waals surface area contributed by atoms with Crippen LogP contribution < -0.4 is 5.32 Å². The summed E-state index contributed by atoms with van der Waals surface area (Å²) in [7, 11) is 0. The maximum absolute atomic E-state index is 6.00. The van der Waals surface area contributed by atoms with Gasteiger partial charge in [0.25, 0.3) is 0 Å². The Bertz CT molecular complexity index is 392. The monoisotopic (exact) mass is 233 g/mol. The minimum atomic E-state index is 0.149. The van der Waals surface area contributed by atoms with Crippen molar-refractivity contribution >= 4 is 0 Å². The van der Waals surface area contributed by atoms with Crippen LogP contribution in [0.4, 0.5) is 0 Å². The molecule has 2 unspecified atom stereocenters. The number of aryl methyl sites for hydroxylation is 2. The summed E-state index contributed by atoms with van der Waals surface area (Å²) in [4.78, 5) is 0. The van der Waals surface area contributed by atoms with Gasteiger partial charge in [-0.2, -0.15) is 0 Å². The van der Waals surface area contributed by atoms with E-state index in [4.69, 9.17) is 4.74 Å². The lowest BCUT2D eigenvalue weighted by molar-refractivity contribution is -0.0299. The maximum atomic E-state index is 6.00. The summed E-state index contributed by atoms with van der Waals surface area (Å²) in [6.07, 6.45) is 1.31. The van der Waals surface area contributed by atoms with Crippen LogP contribution in [0.2, 0.25) is 0 Å². The molecule has 1 aliphatic rings. The van der Waals surface area contributed by atoms with Gasteiger partial charge in [0.2, 0.25) is 0 Å². The molecule has 94 valence electrons. The highest BCUT2D eigenvalue weighted by Gasteiger charge is 2.30. The highest BCUT2D eigenvalue weighted by atomic mass is 16.5. The van der Waals surface area contributed by atoms with Gasteiger partial charge in [-0.05, 0) is 43.9 Å². The van der Waals surface area contributed by atoms with E-state index in [1.54, 1.807) is 0 Å². The maximum Gasteiger partial charge on any atom is 0.0950 e. The normalized spacial score (nSPS) is 29.3. The summed E-state index contributed by atoms with van der Waals surface area (Å²) in [5.41, 5.74) is 4.13. The van der Waals surface area contributed by atoms with Crippen LogP contribution in [0, 0.1) is 13.8 Å². The molecule has 0 radical (unpaired) electrons. The van der Waals surface area contributed by atoms with E-state index in [9.17, 15) is 0 Å². The fourth-order valence-electron chi connectivity index (χ4n) is 2.14. The number of benzene rings is 1. The third-order valence-corrected chi connectivity index (χ3v) is 4.00. The Morgan fingerprint density at radius 1 is 1.35 bits per heavy atom. The summed E-state index contributed by atoms with van der Waals surface area (Å²) in [5.74, 6) is 0. The van der Waals surface area contributed by atoms with Gasteiger partial charge in [0, 0.05) is 12.1 Å². The van der Waals surface area contributed by atoms with E-state index < -0.39 is 0 Å². The summed E-state index contributed by atoms with van der Waals surface area (Å²) in [6, 6.07) is 6.61. The van der Waals surface area contributed by atoms with E-state index in [1.165, 1.54) is 16.7 Å². The van der Waals surface area contributed by atoms with Crippen LogP contribution in [-0.4, -0.2) is 18.7 Å². The van der Waals surface area contributed by atoms with E-state index in [-0.39, 0.29) is 11.6 Å². The zero-order chi connectivity index (χ0) is 12.5. The molecule has 0 spiro atoms. The molecule has 0 bridgehead atoms. The molecule has 2 heteroatoms. The quantitative estimate of drug-likeness (QED) is 0.847. The highest BCUT2D eigenvalue weighted by molar-refractivity contribution is 5.31. The number of rotatable bonds is 2. The van der Waals surface area contributed by atoms with E-state index >= 15 is 0 Å². The minimum Gasteiger partial charge on any atom is -0.370 e. The second-order valence-corrected chi connectivity index (χ2v) is 5.44. The fraction of sp³-hybridized carbons (Fsp3) is 0.600. The van der Waals surface area contributed by atoms with Gasteiger partial charge in [-0.15, -0.1) is 0 Å². The first-order chi connectivity index (χ1) is 8.04. The Labute approximate surface area is 104 Å². The third-order valence-electron chi connectivity index (χ3n) is 4.00. The van der Waals surface area contributed by atoms with E-state index in [1.807, 2.05) is 0 Å². The first kappa shape index (κ1) is 12.6. The van der Waals surface area contributed by atoms with Gasteiger partial charge < -0.3 is 10.1 Å². The van der Waals surface area contributed by atoms with Gasteiger partial charge in [-0.3, -0.25) is 0 Å². The van der Waals surface area contributed by atoms with Gasteiger partial charge in [-0.25, -0.2) is 0 Å². The van der Waals surface area contributed by atoms with Crippen molar-refractivity contribution in [1.29, 1.82) is 0 Å². The molecule has 2 nitrogen and oxygen atoms in total. The van der Waals surface area contributed by atoms with Crippen LogP contribution in [0.3, 0.4) is 0 Å². The zero-order valence-electron chi connectivity index (χ0n) is 11.3. The van der Waals surface area contributed by atoms with Crippen LogP contribution in [0.1, 0.15) is 43.1 Å². The predicted octanol–water partition coefficient (Wildman–Crippen LogP) is 3.13. The molecular weight excluding hydrogens is 210 g/mol. The van der Waals surface area contributed by atoms with Crippen LogP contribution in [0.5, 0.6) is 0 Å². The lowest BCUT2D eigenvalue weighted by atomic mass is 9.95. The molecule has 0 amide bonds. The van der Waals surface area contributed by atoms with Crippen molar-refractivity contribution in [2.45, 2.75) is 45.8 Å².